The summed E-state index contributed by atoms with van der Waals surface area (Å²) in [5.41, 5.74) is 10.9. The van der Waals surface area contributed by atoms with Crippen LogP contribution in [0.4, 0.5) is 10.1 Å². The molecule has 1 saturated heterocycles. The number of aromatic nitrogens is 2. The number of nitriles is 1. The Balaban J connectivity index is 1.07. The van der Waals surface area contributed by atoms with E-state index in [0.29, 0.717) is 103 Å². The molecule has 1 atom stereocenters. The predicted molar refractivity (Wildman–Crippen MR) is 260 cm³/mol. The minimum Gasteiger partial charge on any atom is -0.508 e. The first kappa shape index (κ1) is 46.0. The second-order valence-electron chi connectivity index (χ2n) is 18.6. The van der Waals surface area contributed by atoms with E-state index in [2.05, 4.69) is 41.4 Å². The van der Waals surface area contributed by atoms with Crippen LogP contribution in [0.2, 0.25) is 0 Å². The molecule has 2 aromatic heterocycles. The van der Waals surface area contributed by atoms with Crippen molar-refractivity contribution < 1.29 is 28.6 Å². The van der Waals surface area contributed by atoms with Crippen LogP contribution in [0.1, 0.15) is 85.4 Å². The van der Waals surface area contributed by atoms with Crippen molar-refractivity contribution in [1.29, 1.82) is 5.26 Å². The van der Waals surface area contributed by atoms with Crippen LogP contribution in [0, 0.1) is 25.2 Å². The van der Waals surface area contributed by atoms with E-state index in [9.17, 15) is 24.3 Å². The van der Waals surface area contributed by atoms with Crippen molar-refractivity contribution in [3.63, 3.8) is 0 Å². The van der Waals surface area contributed by atoms with Crippen LogP contribution in [0.3, 0.4) is 0 Å². The van der Waals surface area contributed by atoms with E-state index < -0.39 is 6.17 Å². The zero-order chi connectivity index (χ0) is 47.8. The summed E-state index contributed by atoms with van der Waals surface area (Å²) in [6.07, 6.45) is 1.91. The smallest absolute Gasteiger partial charge is 0.258 e. The molecule has 0 radical (unpaired) electrons. The molecule has 0 spiro atoms. The molecule has 5 heterocycles. The minimum absolute atomic E-state index is 0.0173. The van der Waals surface area contributed by atoms with Gasteiger partial charge in [0.05, 0.1) is 17.7 Å². The molecule has 0 saturated carbocycles. The number of nitrogens with one attached hydrogen (secondary N) is 1. The number of likely N-dealkylation sites (tertiary alicyclic amines) is 1. The minimum atomic E-state index is -0.705. The Morgan fingerprint density at radius 2 is 1.56 bits per heavy atom. The van der Waals surface area contributed by atoms with Gasteiger partial charge in [0.25, 0.3) is 11.8 Å². The number of piperidine rings is 1. The summed E-state index contributed by atoms with van der Waals surface area (Å²) >= 11 is 0. The van der Waals surface area contributed by atoms with Crippen LogP contribution in [0.25, 0.3) is 22.4 Å². The molecule has 3 aliphatic rings. The third-order valence-corrected chi connectivity index (χ3v) is 14.4. The maximum Gasteiger partial charge on any atom is 0.258 e. The number of benzene rings is 4. The molecule has 3 aliphatic heterocycles. The molecule has 13 heteroatoms. The van der Waals surface area contributed by atoms with Crippen molar-refractivity contribution >= 4 is 23.4 Å². The van der Waals surface area contributed by atoms with E-state index in [1.807, 2.05) is 89.3 Å². The second kappa shape index (κ2) is 19.2. The standard InChI is InChI=1S/C55H58FN7O5/c1-34-26-38-8-6-7-9-40(38)33-63(34)55(67)49-29-41-32-62(50(65)27-37-10-16-46(17-11-37)68-25-24-61-21-19-42(56)20-22-61)23-18-39(41)28-48(49)53-52(47-30-44(31-57)59(4)35(47)2)51(36(3)60(53)5)54(66)58-43-12-14-45(64)15-13-43/h6-17,28-30,34,42,64H,18-27,32-33H2,1-5H3,(H,58,66)/t34-/m1/s1. The number of alkyl halides is 1. The van der Waals surface area contributed by atoms with Crippen LogP contribution in [0.15, 0.2) is 91.0 Å². The zero-order valence-corrected chi connectivity index (χ0v) is 39.4. The van der Waals surface area contributed by atoms with Crippen molar-refractivity contribution in [1.82, 2.24) is 23.8 Å². The number of hydrogen-bond acceptors (Lipinski definition) is 7. The van der Waals surface area contributed by atoms with E-state index in [1.165, 1.54) is 17.7 Å². The first-order valence-corrected chi connectivity index (χ1v) is 23.5. The highest BCUT2D eigenvalue weighted by Crippen LogP contribution is 2.44. The molecule has 9 rings (SSSR count). The Morgan fingerprint density at radius 1 is 0.838 bits per heavy atom. The molecule has 350 valence electrons. The van der Waals surface area contributed by atoms with Crippen molar-refractivity contribution in [3.8, 4) is 40.0 Å². The number of hydrogen-bond donors (Lipinski definition) is 2. The maximum absolute atomic E-state index is 15.4. The highest BCUT2D eigenvalue weighted by molar-refractivity contribution is 6.14. The van der Waals surface area contributed by atoms with Gasteiger partial charge in [0, 0.05) is 98.7 Å². The third-order valence-electron chi connectivity index (χ3n) is 14.4. The number of anilines is 1. The number of fused-ring (bicyclic) bond motifs is 2. The second-order valence-corrected chi connectivity index (χ2v) is 18.6. The number of ether oxygens (including phenoxy) is 1. The average molecular weight is 916 g/mol. The van der Waals surface area contributed by atoms with Gasteiger partial charge in [-0.1, -0.05) is 36.4 Å². The van der Waals surface area contributed by atoms with Gasteiger partial charge in [-0.15, -0.1) is 0 Å². The van der Waals surface area contributed by atoms with Gasteiger partial charge in [-0.05, 0) is 129 Å². The first-order valence-electron chi connectivity index (χ1n) is 23.5. The lowest BCUT2D eigenvalue weighted by atomic mass is 9.87. The highest BCUT2D eigenvalue weighted by Gasteiger charge is 2.35. The summed E-state index contributed by atoms with van der Waals surface area (Å²) in [6.45, 7) is 9.87. The molecule has 3 amide bonds. The zero-order valence-electron chi connectivity index (χ0n) is 39.4. The van der Waals surface area contributed by atoms with Gasteiger partial charge in [-0.2, -0.15) is 5.26 Å². The van der Waals surface area contributed by atoms with Crippen molar-refractivity contribution in [2.75, 3.05) is 38.1 Å². The fourth-order valence-electron chi connectivity index (χ4n) is 10.2. The number of nitrogens with zero attached hydrogens (tertiary/aromatic N) is 6. The average Bonchev–Trinajstić information content (AvgIpc) is 3.78. The van der Waals surface area contributed by atoms with E-state index in [1.54, 1.807) is 18.2 Å². The normalized spacial score (nSPS) is 16.2. The van der Waals surface area contributed by atoms with Crippen LogP contribution in [0.5, 0.6) is 11.5 Å². The van der Waals surface area contributed by atoms with Crippen molar-refractivity contribution in [3.05, 3.63) is 147 Å². The Hall–Kier alpha value is -7.17. The van der Waals surface area contributed by atoms with Gasteiger partial charge >= 0.3 is 0 Å². The van der Waals surface area contributed by atoms with Crippen LogP contribution < -0.4 is 10.1 Å². The number of aromatic hydroxyl groups is 1. The predicted octanol–water partition coefficient (Wildman–Crippen LogP) is 8.67. The van der Waals surface area contributed by atoms with Gasteiger partial charge < -0.3 is 34.1 Å². The largest absolute Gasteiger partial charge is 0.508 e. The quantitative estimate of drug-likeness (QED) is 0.124. The van der Waals surface area contributed by atoms with Crippen LogP contribution >= 0.6 is 0 Å². The Labute approximate surface area is 397 Å². The Morgan fingerprint density at radius 3 is 2.26 bits per heavy atom. The van der Waals surface area contributed by atoms with Gasteiger partial charge in [-0.25, -0.2) is 4.39 Å². The topological polar surface area (TPSA) is 136 Å². The Bertz CT molecular complexity index is 2940. The highest BCUT2D eigenvalue weighted by atomic mass is 19.1. The number of amides is 3. The summed E-state index contributed by atoms with van der Waals surface area (Å²) in [5.74, 6) is 0.258. The lowest BCUT2D eigenvalue weighted by Gasteiger charge is -2.36. The van der Waals surface area contributed by atoms with E-state index >= 15 is 4.79 Å². The van der Waals surface area contributed by atoms with Gasteiger partial charge in [-0.3, -0.25) is 19.3 Å². The van der Waals surface area contributed by atoms with Gasteiger partial charge in [0.15, 0.2) is 0 Å². The summed E-state index contributed by atoms with van der Waals surface area (Å²) < 4.78 is 23.3. The molecule has 0 bridgehead atoms. The lowest BCUT2D eigenvalue weighted by molar-refractivity contribution is -0.131. The molecule has 4 aromatic carbocycles. The lowest BCUT2D eigenvalue weighted by Crippen LogP contribution is -2.43. The molecule has 0 unspecified atom stereocenters. The maximum atomic E-state index is 15.4. The van der Waals surface area contributed by atoms with Crippen LogP contribution in [-0.2, 0) is 51.2 Å². The molecule has 2 N–H and O–H groups in total. The fourth-order valence-corrected chi connectivity index (χ4v) is 10.2. The SMILES string of the molecule is Cc1c(-c2c(C(=O)Nc3ccc(O)cc3)c(C)n(C)c2-c2cc3c(cc2C(=O)N2Cc4ccccc4C[C@H]2C)CN(C(=O)Cc2ccc(OCCN4CCC(F)CC4)cc2)CC3)cc(C#N)n1C. The monoisotopic (exact) mass is 915 g/mol. The molecular formula is C55H58FN7O5. The number of halogens is 1. The van der Waals surface area contributed by atoms with E-state index in [0.717, 1.165) is 53.3 Å². The van der Waals surface area contributed by atoms with Crippen LogP contribution in [-0.4, -0.2) is 91.7 Å². The molecule has 68 heavy (non-hydrogen) atoms. The number of phenolic OH excluding ortho intramolecular Hbond substituents is 1. The first-order chi connectivity index (χ1) is 32.8. The van der Waals surface area contributed by atoms with E-state index in [-0.39, 0.29) is 35.9 Å². The fraction of sp³-hybridized carbons (Fsp3) is 0.345. The summed E-state index contributed by atoms with van der Waals surface area (Å²) in [5, 5.41) is 23.2. The molecular weight excluding hydrogens is 858 g/mol. The molecule has 1 fully saturated rings. The summed E-state index contributed by atoms with van der Waals surface area (Å²) in [4.78, 5) is 50.1. The van der Waals surface area contributed by atoms with Gasteiger partial charge in [0.2, 0.25) is 5.91 Å². The number of carbonyl (C=O) groups excluding carboxylic acids is 3. The van der Waals surface area contributed by atoms with E-state index in [4.69, 9.17) is 4.74 Å². The Kier molecular flexibility index (Phi) is 13.0. The van der Waals surface area contributed by atoms with Crippen molar-refractivity contribution in [2.45, 2.75) is 78.2 Å². The molecule has 6 aromatic rings. The number of rotatable bonds is 11. The third kappa shape index (κ3) is 9.13. The molecule has 12 nitrogen and oxygen atoms in total. The summed E-state index contributed by atoms with van der Waals surface area (Å²) in [6, 6.07) is 30.2. The molecule has 0 aliphatic carbocycles. The number of carbonyl (C=O) groups is 3. The van der Waals surface area contributed by atoms with Gasteiger partial charge in [0.1, 0.15) is 36.0 Å². The number of phenols is 1. The summed E-state index contributed by atoms with van der Waals surface area (Å²) in [7, 11) is 3.73. The van der Waals surface area contributed by atoms with Crippen molar-refractivity contribution in [2.24, 2.45) is 14.1 Å².